The topological polar surface area (TPSA) is 46.9 Å². The number of nitrogens with one attached hydrogen (secondary N) is 1. The lowest BCUT2D eigenvalue weighted by atomic mass is 10.1. The molecule has 0 spiro atoms. The number of amides is 1. The average Bonchev–Trinajstić information content (AvgIpc) is 2.89. The summed E-state index contributed by atoms with van der Waals surface area (Å²) in [7, 11) is 0. The molecular formula is C18H15BrClN3O. The normalized spacial score (nSPS) is 10.6. The van der Waals surface area contributed by atoms with Gasteiger partial charge < -0.3 is 5.32 Å². The van der Waals surface area contributed by atoms with Crippen molar-refractivity contribution in [3.63, 3.8) is 0 Å². The Morgan fingerprint density at radius 1 is 1.21 bits per heavy atom. The molecule has 0 radical (unpaired) electrons. The summed E-state index contributed by atoms with van der Waals surface area (Å²) >= 11 is 9.34. The van der Waals surface area contributed by atoms with Crippen molar-refractivity contribution in [2.75, 3.05) is 5.32 Å². The first-order valence-corrected chi connectivity index (χ1v) is 8.54. The molecule has 0 saturated heterocycles. The van der Waals surface area contributed by atoms with Crippen LogP contribution in [-0.2, 0) is 6.54 Å². The molecule has 3 aromatic rings. The van der Waals surface area contributed by atoms with Crippen LogP contribution in [0.3, 0.4) is 0 Å². The molecule has 0 saturated carbocycles. The van der Waals surface area contributed by atoms with E-state index >= 15 is 0 Å². The summed E-state index contributed by atoms with van der Waals surface area (Å²) in [6.45, 7) is 2.50. The summed E-state index contributed by atoms with van der Waals surface area (Å²) in [6, 6.07) is 15.0. The zero-order chi connectivity index (χ0) is 17.1. The van der Waals surface area contributed by atoms with Gasteiger partial charge in [0.15, 0.2) is 5.82 Å². The Bertz CT molecular complexity index is 874. The van der Waals surface area contributed by atoms with Gasteiger partial charge in [-0.25, -0.2) is 0 Å². The Morgan fingerprint density at radius 3 is 2.62 bits per heavy atom. The van der Waals surface area contributed by atoms with Crippen LogP contribution in [0.4, 0.5) is 5.82 Å². The van der Waals surface area contributed by atoms with Crippen LogP contribution in [0, 0.1) is 6.92 Å². The van der Waals surface area contributed by atoms with Gasteiger partial charge in [0.25, 0.3) is 5.91 Å². The number of hydrogen-bond acceptors (Lipinski definition) is 2. The molecule has 0 fully saturated rings. The fraction of sp³-hybridized carbons (Fsp3) is 0.111. The lowest BCUT2D eigenvalue weighted by Crippen LogP contribution is -2.14. The zero-order valence-electron chi connectivity index (χ0n) is 13.0. The largest absolute Gasteiger partial charge is 0.304 e. The lowest BCUT2D eigenvalue weighted by molar-refractivity contribution is 0.102. The third-order valence-electron chi connectivity index (χ3n) is 3.60. The molecule has 1 amide bonds. The second-order valence-electron chi connectivity index (χ2n) is 5.42. The van der Waals surface area contributed by atoms with Gasteiger partial charge in [0.2, 0.25) is 0 Å². The molecule has 0 unspecified atom stereocenters. The minimum atomic E-state index is -0.175. The van der Waals surface area contributed by atoms with Gasteiger partial charge in [-0.05, 0) is 52.2 Å². The fourth-order valence-electron chi connectivity index (χ4n) is 2.34. The van der Waals surface area contributed by atoms with Gasteiger partial charge in [0, 0.05) is 16.8 Å². The molecule has 0 bridgehead atoms. The Morgan fingerprint density at radius 2 is 1.92 bits per heavy atom. The number of anilines is 1. The molecule has 1 heterocycles. The molecule has 0 aliphatic rings. The number of aryl methyl sites for hydroxylation is 1. The summed E-state index contributed by atoms with van der Waals surface area (Å²) in [5.74, 6) is 0.322. The first kappa shape index (κ1) is 16.7. The van der Waals surface area contributed by atoms with E-state index in [4.69, 9.17) is 11.6 Å². The highest BCUT2D eigenvalue weighted by molar-refractivity contribution is 9.10. The van der Waals surface area contributed by atoms with Crippen LogP contribution < -0.4 is 5.32 Å². The molecule has 3 rings (SSSR count). The van der Waals surface area contributed by atoms with Crippen LogP contribution in [0.1, 0.15) is 21.5 Å². The highest BCUT2D eigenvalue weighted by atomic mass is 79.9. The molecule has 0 aliphatic carbocycles. The predicted molar refractivity (Wildman–Crippen MR) is 99.6 cm³/mol. The number of carbonyl (C=O) groups is 1. The summed E-state index contributed by atoms with van der Waals surface area (Å²) in [5.41, 5.74) is 2.63. The third kappa shape index (κ3) is 3.86. The van der Waals surface area contributed by atoms with Crippen LogP contribution in [0.5, 0.6) is 0 Å². The van der Waals surface area contributed by atoms with Crippen molar-refractivity contribution < 1.29 is 4.79 Å². The van der Waals surface area contributed by atoms with Gasteiger partial charge in [-0.15, -0.1) is 0 Å². The van der Waals surface area contributed by atoms with Crippen LogP contribution in [-0.4, -0.2) is 15.7 Å². The summed E-state index contributed by atoms with van der Waals surface area (Å²) in [6.07, 6.45) is 1.84. The monoisotopic (exact) mass is 403 g/mol. The number of nitrogens with zero attached hydrogens (tertiary/aromatic N) is 2. The van der Waals surface area contributed by atoms with Crippen LogP contribution in [0.25, 0.3) is 0 Å². The Hall–Kier alpha value is -2.11. The van der Waals surface area contributed by atoms with E-state index in [2.05, 4.69) is 26.3 Å². The number of aromatic nitrogens is 2. The summed E-state index contributed by atoms with van der Waals surface area (Å²) in [4.78, 5) is 12.4. The molecule has 4 nitrogen and oxygen atoms in total. The van der Waals surface area contributed by atoms with Crippen molar-refractivity contribution in [1.82, 2.24) is 9.78 Å². The van der Waals surface area contributed by atoms with Gasteiger partial charge in [-0.1, -0.05) is 41.9 Å². The van der Waals surface area contributed by atoms with Crippen molar-refractivity contribution in [3.05, 3.63) is 80.9 Å². The smallest absolute Gasteiger partial charge is 0.257 e. The standard InChI is InChI=1S/C18H15BrClN3O/c1-12-4-2-3-5-15(12)18(24)21-17-16(19)11-23(22-17)10-13-6-8-14(20)9-7-13/h2-9,11H,10H2,1H3,(H,21,22,24). The maximum Gasteiger partial charge on any atom is 0.257 e. The van der Waals surface area contributed by atoms with E-state index in [0.29, 0.717) is 22.9 Å². The van der Waals surface area contributed by atoms with Crippen molar-refractivity contribution in [3.8, 4) is 0 Å². The highest BCUT2D eigenvalue weighted by Gasteiger charge is 2.13. The fourth-order valence-corrected chi connectivity index (χ4v) is 2.88. The highest BCUT2D eigenvalue weighted by Crippen LogP contribution is 2.22. The van der Waals surface area contributed by atoms with E-state index in [-0.39, 0.29) is 5.91 Å². The minimum absolute atomic E-state index is 0.175. The first-order chi connectivity index (χ1) is 11.5. The average molecular weight is 405 g/mol. The predicted octanol–water partition coefficient (Wildman–Crippen LogP) is 4.91. The molecule has 24 heavy (non-hydrogen) atoms. The van der Waals surface area contributed by atoms with Gasteiger partial charge in [-0.3, -0.25) is 9.48 Å². The van der Waals surface area contributed by atoms with Gasteiger partial charge in [0.05, 0.1) is 11.0 Å². The lowest BCUT2D eigenvalue weighted by Gasteiger charge is -2.06. The second kappa shape index (κ2) is 7.20. The summed E-state index contributed by atoms with van der Waals surface area (Å²) < 4.78 is 2.50. The molecule has 0 aliphatic heterocycles. The SMILES string of the molecule is Cc1ccccc1C(=O)Nc1nn(Cc2ccc(Cl)cc2)cc1Br. The Labute approximate surface area is 153 Å². The van der Waals surface area contributed by atoms with Gasteiger partial charge in [-0.2, -0.15) is 5.10 Å². The molecule has 122 valence electrons. The number of hydrogen-bond donors (Lipinski definition) is 1. The molecular weight excluding hydrogens is 390 g/mol. The van der Waals surface area contributed by atoms with E-state index < -0.39 is 0 Å². The van der Waals surface area contributed by atoms with E-state index in [9.17, 15) is 4.79 Å². The van der Waals surface area contributed by atoms with Crippen LogP contribution in [0.2, 0.25) is 5.02 Å². The van der Waals surface area contributed by atoms with Crippen molar-refractivity contribution in [2.45, 2.75) is 13.5 Å². The number of benzene rings is 2. The summed E-state index contributed by atoms with van der Waals surface area (Å²) in [5, 5.41) is 7.97. The minimum Gasteiger partial charge on any atom is -0.304 e. The number of rotatable bonds is 4. The van der Waals surface area contributed by atoms with Crippen LogP contribution in [0.15, 0.2) is 59.2 Å². The van der Waals surface area contributed by atoms with Crippen molar-refractivity contribution in [1.29, 1.82) is 0 Å². The quantitative estimate of drug-likeness (QED) is 0.672. The van der Waals surface area contributed by atoms with Gasteiger partial charge in [0.1, 0.15) is 0 Å². The molecule has 1 N–H and O–H groups in total. The molecule has 0 atom stereocenters. The number of carbonyl (C=O) groups excluding carboxylic acids is 1. The maximum absolute atomic E-state index is 12.4. The molecule has 1 aromatic heterocycles. The zero-order valence-corrected chi connectivity index (χ0v) is 15.3. The van der Waals surface area contributed by atoms with E-state index in [1.54, 1.807) is 10.7 Å². The Balaban J connectivity index is 1.75. The van der Waals surface area contributed by atoms with E-state index in [1.165, 1.54) is 0 Å². The number of halogens is 2. The first-order valence-electron chi connectivity index (χ1n) is 7.37. The van der Waals surface area contributed by atoms with Crippen molar-refractivity contribution >= 4 is 39.3 Å². The molecule has 2 aromatic carbocycles. The van der Waals surface area contributed by atoms with E-state index in [1.807, 2.05) is 55.6 Å². The van der Waals surface area contributed by atoms with Crippen molar-refractivity contribution in [2.24, 2.45) is 0 Å². The third-order valence-corrected chi connectivity index (χ3v) is 4.43. The van der Waals surface area contributed by atoms with E-state index in [0.717, 1.165) is 15.6 Å². The second-order valence-corrected chi connectivity index (χ2v) is 6.71. The van der Waals surface area contributed by atoms with Crippen LogP contribution >= 0.6 is 27.5 Å². The van der Waals surface area contributed by atoms with Gasteiger partial charge >= 0.3 is 0 Å². The molecule has 6 heteroatoms. The maximum atomic E-state index is 12.4. The Kier molecular flexibility index (Phi) is 5.02.